The van der Waals surface area contributed by atoms with Crippen LogP contribution in [0.2, 0.25) is 0 Å². The van der Waals surface area contributed by atoms with Crippen molar-refractivity contribution in [2.24, 2.45) is 17.8 Å². The number of hydrogen-bond donors (Lipinski definition) is 4. The van der Waals surface area contributed by atoms with Gasteiger partial charge in [-0.15, -0.1) is 0 Å². The molecule has 0 saturated heterocycles. The van der Waals surface area contributed by atoms with Gasteiger partial charge in [-0.1, -0.05) is 13.5 Å². The highest BCUT2D eigenvalue weighted by atomic mass is 16.4. The van der Waals surface area contributed by atoms with Crippen molar-refractivity contribution in [3.05, 3.63) is 12.2 Å². The molecule has 0 bridgehead atoms. The first-order valence-corrected chi connectivity index (χ1v) is 5.73. The van der Waals surface area contributed by atoms with Gasteiger partial charge in [-0.05, 0) is 12.8 Å². The fraction of sp³-hybridized carbons (Fsp3) is 0.500. The molecule has 0 spiro atoms. The van der Waals surface area contributed by atoms with E-state index < -0.39 is 53.6 Å². The second-order valence-electron chi connectivity index (χ2n) is 4.25. The van der Waals surface area contributed by atoms with Crippen molar-refractivity contribution in [3.8, 4) is 0 Å². The molecule has 0 saturated carbocycles. The standard InChI is InChI=1S/C12H16O8/c1-3-6(10(15)16)8(12(19)20)4-7(11(17)18)5(2)9(13)14/h6-8H,2-4H2,1H3,(H,13,14)(H,15,16)(H,17,18)(H,19,20). The SMILES string of the molecule is C=C(C(=O)O)C(CC(C(=O)O)C(CC)C(=O)O)C(=O)O. The van der Waals surface area contributed by atoms with Gasteiger partial charge >= 0.3 is 23.9 Å². The van der Waals surface area contributed by atoms with E-state index in [4.69, 9.17) is 20.4 Å². The average molecular weight is 288 g/mol. The van der Waals surface area contributed by atoms with Crippen molar-refractivity contribution in [3.63, 3.8) is 0 Å². The van der Waals surface area contributed by atoms with Crippen molar-refractivity contribution in [2.45, 2.75) is 19.8 Å². The van der Waals surface area contributed by atoms with Crippen LogP contribution in [0.5, 0.6) is 0 Å². The van der Waals surface area contributed by atoms with Crippen LogP contribution in [-0.2, 0) is 19.2 Å². The molecule has 0 aliphatic carbocycles. The molecule has 0 amide bonds. The van der Waals surface area contributed by atoms with E-state index in [-0.39, 0.29) is 6.42 Å². The van der Waals surface area contributed by atoms with Crippen molar-refractivity contribution < 1.29 is 39.6 Å². The smallest absolute Gasteiger partial charge is 0.331 e. The molecule has 0 radical (unpaired) electrons. The van der Waals surface area contributed by atoms with Gasteiger partial charge < -0.3 is 20.4 Å². The van der Waals surface area contributed by atoms with E-state index >= 15 is 0 Å². The molecule has 0 aromatic heterocycles. The predicted molar refractivity (Wildman–Crippen MR) is 65.1 cm³/mol. The van der Waals surface area contributed by atoms with E-state index in [9.17, 15) is 19.2 Å². The molecule has 0 rings (SSSR count). The minimum absolute atomic E-state index is 0.0157. The Bertz CT molecular complexity index is 439. The van der Waals surface area contributed by atoms with Crippen LogP contribution in [0, 0.1) is 17.8 Å². The Hall–Kier alpha value is -2.38. The van der Waals surface area contributed by atoms with Gasteiger partial charge in [0.25, 0.3) is 0 Å². The first-order valence-electron chi connectivity index (χ1n) is 5.73. The van der Waals surface area contributed by atoms with Crippen LogP contribution in [0.4, 0.5) is 0 Å². The zero-order valence-electron chi connectivity index (χ0n) is 10.8. The van der Waals surface area contributed by atoms with Gasteiger partial charge in [0.15, 0.2) is 0 Å². The number of rotatable bonds is 9. The van der Waals surface area contributed by atoms with Crippen molar-refractivity contribution in [1.29, 1.82) is 0 Å². The normalized spacial score (nSPS) is 14.8. The second kappa shape index (κ2) is 7.27. The second-order valence-corrected chi connectivity index (χ2v) is 4.25. The van der Waals surface area contributed by atoms with Gasteiger partial charge in [0.1, 0.15) is 0 Å². The molecule has 0 heterocycles. The average Bonchev–Trinajstić information content (AvgIpc) is 2.31. The highest BCUT2D eigenvalue weighted by Crippen LogP contribution is 2.28. The maximum atomic E-state index is 11.1. The molecule has 3 unspecified atom stereocenters. The zero-order chi connectivity index (χ0) is 16.0. The largest absolute Gasteiger partial charge is 0.481 e. The summed E-state index contributed by atoms with van der Waals surface area (Å²) in [5, 5.41) is 35.7. The third kappa shape index (κ3) is 4.38. The van der Waals surface area contributed by atoms with Crippen LogP contribution in [0.25, 0.3) is 0 Å². The molecule has 20 heavy (non-hydrogen) atoms. The first-order chi connectivity index (χ1) is 9.13. The molecular weight excluding hydrogens is 272 g/mol. The maximum Gasteiger partial charge on any atom is 0.331 e. The number of aliphatic carboxylic acids is 4. The van der Waals surface area contributed by atoms with Gasteiger partial charge in [0.2, 0.25) is 0 Å². The number of hydrogen-bond acceptors (Lipinski definition) is 4. The Morgan fingerprint density at radius 1 is 0.900 bits per heavy atom. The highest BCUT2D eigenvalue weighted by Gasteiger charge is 2.38. The van der Waals surface area contributed by atoms with Crippen LogP contribution in [0.15, 0.2) is 12.2 Å². The summed E-state index contributed by atoms with van der Waals surface area (Å²) in [6.07, 6.45) is -0.654. The quantitative estimate of drug-likeness (QED) is 0.449. The lowest BCUT2D eigenvalue weighted by Gasteiger charge is -2.22. The molecule has 112 valence electrons. The van der Waals surface area contributed by atoms with Crippen LogP contribution < -0.4 is 0 Å². The van der Waals surface area contributed by atoms with Crippen LogP contribution >= 0.6 is 0 Å². The van der Waals surface area contributed by atoms with Crippen LogP contribution in [0.3, 0.4) is 0 Å². The zero-order valence-corrected chi connectivity index (χ0v) is 10.8. The van der Waals surface area contributed by atoms with Gasteiger partial charge in [0.05, 0.1) is 17.8 Å². The summed E-state index contributed by atoms with van der Waals surface area (Å²) in [6, 6.07) is 0. The van der Waals surface area contributed by atoms with E-state index in [1.807, 2.05) is 0 Å². The third-order valence-electron chi connectivity index (χ3n) is 3.04. The molecule has 3 atom stereocenters. The predicted octanol–water partition coefficient (Wildman–Crippen LogP) is 0.530. The van der Waals surface area contributed by atoms with Crippen LogP contribution in [0.1, 0.15) is 19.8 Å². The fourth-order valence-corrected chi connectivity index (χ4v) is 1.86. The summed E-state index contributed by atoms with van der Waals surface area (Å²) in [4.78, 5) is 43.9. The number of carbonyl (C=O) groups is 4. The van der Waals surface area contributed by atoms with Crippen molar-refractivity contribution >= 4 is 23.9 Å². The summed E-state index contributed by atoms with van der Waals surface area (Å²) in [5.41, 5.74) is -0.677. The van der Waals surface area contributed by atoms with E-state index in [0.717, 1.165) is 0 Å². The molecular formula is C12H16O8. The molecule has 0 aromatic rings. The Labute approximate surface area is 114 Å². The molecule has 4 N–H and O–H groups in total. The van der Waals surface area contributed by atoms with E-state index in [0.29, 0.717) is 0 Å². The van der Waals surface area contributed by atoms with Crippen molar-refractivity contribution in [1.82, 2.24) is 0 Å². The van der Waals surface area contributed by atoms with E-state index in [2.05, 4.69) is 6.58 Å². The topological polar surface area (TPSA) is 149 Å². The minimum atomic E-state index is -1.65. The van der Waals surface area contributed by atoms with E-state index in [1.54, 1.807) is 0 Å². The molecule has 8 heteroatoms. The Balaban J connectivity index is 5.36. The summed E-state index contributed by atoms with van der Waals surface area (Å²) < 4.78 is 0. The summed E-state index contributed by atoms with van der Waals surface area (Å²) in [5.74, 6) is -10.4. The maximum absolute atomic E-state index is 11.1. The lowest BCUT2D eigenvalue weighted by Crippen LogP contribution is -2.34. The van der Waals surface area contributed by atoms with Gasteiger partial charge in [0, 0.05) is 5.57 Å². The van der Waals surface area contributed by atoms with Gasteiger partial charge in [-0.3, -0.25) is 14.4 Å². The Morgan fingerprint density at radius 2 is 1.35 bits per heavy atom. The molecule has 0 fully saturated rings. The van der Waals surface area contributed by atoms with Crippen LogP contribution in [-0.4, -0.2) is 44.3 Å². The molecule has 0 aliphatic rings. The summed E-state index contributed by atoms with van der Waals surface area (Å²) in [7, 11) is 0. The van der Waals surface area contributed by atoms with Gasteiger partial charge in [-0.25, -0.2) is 4.79 Å². The third-order valence-corrected chi connectivity index (χ3v) is 3.04. The lowest BCUT2D eigenvalue weighted by molar-refractivity contribution is -0.156. The first kappa shape index (κ1) is 17.6. The number of carboxylic acids is 4. The van der Waals surface area contributed by atoms with Crippen molar-refractivity contribution in [2.75, 3.05) is 0 Å². The number of carboxylic acid groups (broad SMARTS) is 4. The molecule has 8 nitrogen and oxygen atoms in total. The fourth-order valence-electron chi connectivity index (χ4n) is 1.86. The Kier molecular flexibility index (Phi) is 6.40. The monoisotopic (exact) mass is 288 g/mol. The molecule has 0 aromatic carbocycles. The van der Waals surface area contributed by atoms with E-state index in [1.165, 1.54) is 6.92 Å². The summed E-state index contributed by atoms with van der Waals surface area (Å²) >= 11 is 0. The Morgan fingerprint density at radius 3 is 1.60 bits per heavy atom. The molecule has 0 aliphatic heterocycles. The summed E-state index contributed by atoms with van der Waals surface area (Å²) in [6.45, 7) is 4.55. The lowest BCUT2D eigenvalue weighted by atomic mass is 9.80. The van der Waals surface area contributed by atoms with Gasteiger partial charge in [-0.2, -0.15) is 0 Å². The minimum Gasteiger partial charge on any atom is -0.481 e. The highest BCUT2D eigenvalue weighted by molar-refractivity contribution is 5.93.